The van der Waals surface area contributed by atoms with E-state index < -0.39 is 5.82 Å². The Labute approximate surface area is 229 Å². The molecule has 39 heavy (non-hydrogen) atoms. The summed E-state index contributed by atoms with van der Waals surface area (Å²) in [5.41, 5.74) is 6.08. The number of H-pyrrole nitrogens is 2. The fourth-order valence-electron chi connectivity index (χ4n) is 5.61. The molecule has 6 aromatic rings. The Bertz CT molecular complexity index is 1790. The first-order chi connectivity index (χ1) is 19.1. The number of imidazole rings is 1. The Balaban J connectivity index is 1.23. The van der Waals surface area contributed by atoms with Gasteiger partial charge in [-0.15, -0.1) is 11.3 Å². The van der Waals surface area contributed by atoms with E-state index in [-0.39, 0.29) is 5.52 Å². The summed E-state index contributed by atoms with van der Waals surface area (Å²) >= 11 is 1.72. The molecule has 1 aliphatic rings. The molecule has 196 valence electrons. The Morgan fingerprint density at radius 2 is 1.97 bits per heavy atom. The van der Waals surface area contributed by atoms with Crippen LogP contribution in [0.5, 0.6) is 0 Å². The minimum absolute atomic E-state index is 0.276. The highest BCUT2D eigenvalue weighted by Gasteiger charge is 2.19. The molecule has 0 radical (unpaired) electrons. The van der Waals surface area contributed by atoms with Crippen LogP contribution in [-0.4, -0.2) is 36.7 Å². The van der Waals surface area contributed by atoms with Gasteiger partial charge in [-0.1, -0.05) is 12.8 Å². The van der Waals surface area contributed by atoms with E-state index in [2.05, 4.69) is 55.6 Å². The molecule has 0 amide bonds. The van der Waals surface area contributed by atoms with Crippen LogP contribution in [0.2, 0.25) is 0 Å². The number of aromatic amines is 2. The first-order valence-corrected chi connectivity index (χ1v) is 14.2. The van der Waals surface area contributed by atoms with Gasteiger partial charge >= 0.3 is 0 Å². The summed E-state index contributed by atoms with van der Waals surface area (Å²) in [6.45, 7) is 3.87. The van der Waals surface area contributed by atoms with E-state index in [1.165, 1.54) is 36.6 Å². The molecule has 3 N–H and O–H groups in total. The van der Waals surface area contributed by atoms with Gasteiger partial charge in [0.25, 0.3) is 0 Å². The maximum Gasteiger partial charge on any atom is 0.178 e. The number of halogens is 1. The predicted octanol–water partition coefficient (Wildman–Crippen LogP) is 7.02. The first kappa shape index (κ1) is 24.1. The maximum absolute atomic E-state index is 15.3. The molecule has 5 heterocycles. The van der Waals surface area contributed by atoms with E-state index in [1.54, 1.807) is 23.7 Å². The van der Waals surface area contributed by atoms with Crippen molar-refractivity contribution in [3.8, 4) is 33.1 Å². The number of nitrogens with zero attached hydrogens (tertiary/aromatic N) is 4. The van der Waals surface area contributed by atoms with Crippen LogP contribution in [0.15, 0.2) is 55.0 Å². The van der Waals surface area contributed by atoms with Crippen molar-refractivity contribution in [2.24, 2.45) is 5.92 Å². The molecule has 0 unspecified atom stereocenters. The van der Waals surface area contributed by atoms with Crippen molar-refractivity contribution in [3.63, 3.8) is 0 Å². The third-order valence-corrected chi connectivity index (χ3v) is 8.65. The highest BCUT2D eigenvalue weighted by atomic mass is 32.1. The fraction of sp³-hybridized carbons (Fsp3) is 0.267. The zero-order chi connectivity index (χ0) is 26.3. The molecule has 9 heteroatoms. The molecular formula is C30H28FN7S. The number of hydrogen-bond donors (Lipinski definition) is 3. The van der Waals surface area contributed by atoms with Crippen molar-refractivity contribution in [1.29, 1.82) is 0 Å². The Hall–Kier alpha value is -3.95. The number of rotatable bonds is 7. The van der Waals surface area contributed by atoms with E-state index >= 15 is 4.39 Å². The number of aryl methyl sites for hydroxylation is 1. The average molecular weight is 538 g/mol. The summed E-state index contributed by atoms with van der Waals surface area (Å²) in [5.74, 6) is 0.954. The van der Waals surface area contributed by atoms with E-state index in [9.17, 15) is 0 Å². The molecular weight excluding hydrogens is 509 g/mol. The van der Waals surface area contributed by atoms with Gasteiger partial charge in [0, 0.05) is 51.4 Å². The van der Waals surface area contributed by atoms with Crippen LogP contribution in [0.25, 0.3) is 55.2 Å². The summed E-state index contributed by atoms with van der Waals surface area (Å²) in [6, 6.07) is 11.8. The van der Waals surface area contributed by atoms with Crippen LogP contribution in [-0.2, 0) is 6.54 Å². The lowest BCUT2D eigenvalue weighted by Crippen LogP contribution is -2.20. The number of hydrogen-bond acceptors (Lipinski definition) is 6. The molecule has 1 aromatic carbocycles. The van der Waals surface area contributed by atoms with E-state index in [1.807, 2.05) is 18.3 Å². The van der Waals surface area contributed by atoms with E-state index in [4.69, 9.17) is 4.98 Å². The monoisotopic (exact) mass is 537 g/mol. The third-order valence-electron chi connectivity index (χ3n) is 7.61. The Kier molecular flexibility index (Phi) is 6.17. The van der Waals surface area contributed by atoms with Gasteiger partial charge in [0.1, 0.15) is 11.2 Å². The van der Waals surface area contributed by atoms with Gasteiger partial charge in [-0.3, -0.25) is 10.1 Å². The highest BCUT2D eigenvalue weighted by molar-refractivity contribution is 7.15. The van der Waals surface area contributed by atoms with Gasteiger partial charge in [0.05, 0.1) is 5.52 Å². The molecule has 0 spiro atoms. The average Bonchev–Trinajstić information content (AvgIpc) is 3.75. The van der Waals surface area contributed by atoms with Gasteiger partial charge in [0.2, 0.25) is 0 Å². The van der Waals surface area contributed by atoms with E-state index in [0.29, 0.717) is 22.6 Å². The number of aromatic nitrogens is 6. The predicted molar refractivity (Wildman–Crippen MR) is 154 cm³/mol. The SMILES string of the molecule is Cc1ccc(-c2ccnc3nc(-c4[nH]nc5c(F)cc(-c6cncc(CNCC7CCCC7)c6)cc45)[nH]c23)s1. The summed E-state index contributed by atoms with van der Waals surface area (Å²) in [4.78, 5) is 19.4. The molecule has 0 aliphatic heterocycles. The molecule has 7 nitrogen and oxygen atoms in total. The second-order valence-corrected chi connectivity index (χ2v) is 11.7. The lowest BCUT2D eigenvalue weighted by atomic mass is 10.0. The van der Waals surface area contributed by atoms with Gasteiger partial charge in [-0.2, -0.15) is 5.10 Å². The maximum atomic E-state index is 15.3. The smallest absolute Gasteiger partial charge is 0.178 e. The van der Waals surface area contributed by atoms with Gasteiger partial charge in [0.15, 0.2) is 17.3 Å². The largest absolute Gasteiger partial charge is 0.335 e. The summed E-state index contributed by atoms with van der Waals surface area (Å²) in [6.07, 6.45) is 10.7. The van der Waals surface area contributed by atoms with Gasteiger partial charge < -0.3 is 10.3 Å². The number of benzene rings is 1. The van der Waals surface area contributed by atoms with Crippen molar-refractivity contribution in [2.45, 2.75) is 39.2 Å². The fourth-order valence-corrected chi connectivity index (χ4v) is 6.51. The molecule has 1 saturated carbocycles. The lowest BCUT2D eigenvalue weighted by molar-refractivity contribution is 0.489. The normalized spacial score (nSPS) is 14.2. The minimum atomic E-state index is -0.390. The Morgan fingerprint density at radius 3 is 2.82 bits per heavy atom. The van der Waals surface area contributed by atoms with Gasteiger partial charge in [-0.25, -0.2) is 14.4 Å². The number of pyridine rings is 2. The summed E-state index contributed by atoms with van der Waals surface area (Å²) in [5, 5.41) is 11.5. The molecule has 0 saturated heterocycles. The number of fused-ring (bicyclic) bond motifs is 2. The molecule has 1 fully saturated rings. The van der Waals surface area contributed by atoms with Crippen LogP contribution in [0.3, 0.4) is 0 Å². The topological polar surface area (TPSA) is 95.2 Å². The number of thiophene rings is 1. The van der Waals surface area contributed by atoms with Crippen LogP contribution in [0.1, 0.15) is 36.1 Å². The third kappa shape index (κ3) is 4.62. The highest BCUT2D eigenvalue weighted by Crippen LogP contribution is 2.35. The zero-order valence-electron chi connectivity index (χ0n) is 21.6. The molecule has 5 aromatic heterocycles. The zero-order valence-corrected chi connectivity index (χ0v) is 22.4. The second-order valence-electron chi connectivity index (χ2n) is 10.4. The van der Waals surface area contributed by atoms with Crippen molar-refractivity contribution in [3.05, 3.63) is 71.2 Å². The second kappa shape index (κ2) is 9.98. The van der Waals surface area contributed by atoms with Crippen LogP contribution >= 0.6 is 11.3 Å². The Morgan fingerprint density at radius 1 is 1.08 bits per heavy atom. The standard InChI is InChI=1S/C30H28FN7S/c1-17-6-7-25(39-17)22-8-9-34-29-27(22)35-30(36-29)28-23-11-20(12-24(31)26(23)37-38-28)21-10-19(15-33-16-21)14-32-13-18-4-2-3-5-18/h6-12,15-16,18,32H,2-5,13-14H2,1H3,(H,37,38)(H,34,35,36). The molecule has 1 aliphatic carbocycles. The van der Waals surface area contributed by atoms with Crippen molar-refractivity contribution in [1.82, 2.24) is 35.5 Å². The first-order valence-electron chi connectivity index (χ1n) is 13.4. The molecule has 7 rings (SSSR count). The summed E-state index contributed by atoms with van der Waals surface area (Å²) < 4.78 is 15.3. The van der Waals surface area contributed by atoms with E-state index in [0.717, 1.165) is 51.7 Å². The quantitative estimate of drug-likeness (QED) is 0.203. The van der Waals surface area contributed by atoms with Crippen LogP contribution in [0.4, 0.5) is 4.39 Å². The molecule has 0 atom stereocenters. The van der Waals surface area contributed by atoms with Crippen LogP contribution < -0.4 is 5.32 Å². The lowest BCUT2D eigenvalue weighted by Gasteiger charge is -2.11. The summed E-state index contributed by atoms with van der Waals surface area (Å²) in [7, 11) is 0. The van der Waals surface area contributed by atoms with Gasteiger partial charge in [-0.05, 0) is 79.8 Å². The van der Waals surface area contributed by atoms with Crippen molar-refractivity contribution >= 4 is 33.4 Å². The van der Waals surface area contributed by atoms with Crippen molar-refractivity contribution in [2.75, 3.05) is 6.54 Å². The number of nitrogens with one attached hydrogen (secondary N) is 3. The molecule has 0 bridgehead atoms. The minimum Gasteiger partial charge on any atom is -0.335 e. The van der Waals surface area contributed by atoms with Crippen molar-refractivity contribution < 1.29 is 4.39 Å². The van der Waals surface area contributed by atoms with Crippen LogP contribution in [0, 0.1) is 18.7 Å².